The molecule has 1 atom stereocenters. The molecule has 0 aromatic heterocycles. The Labute approximate surface area is 135 Å². The van der Waals surface area contributed by atoms with Crippen LogP contribution in [-0.2, 0) is 0 Å². The Balaban J connectivity index is 2.02. The number of anilines is 2. The highest BCUT2D eigenvalue weighted by molar-refractivity contribution is 6.18. The lowest BCUT2D eigenvalue weighted by molar-refractivity contribution is 0.102. The average molecular weight is 319 g/mol. The van der Waals surface area contributed by atoms with Crippen LogP contribution in [0.25, 0.3) is 0 Å². The zero-order valence-electron chi connectivity index (χ0n) is 12.3. The van der Waals surface area contributed by atoms with E-state index in [1.807, 2.05) is 49.4 Å². The van der Waals surface area contributed by atoms with E-state index < -0.39 is 6.10 Å². The van der Waals surface area contributed by atoms with E-state index >= 15 is 0 Å². The number of aryl methyl sites for hydroxylation is 1. The third-order valence-electron chi connectivity index (χ3n) is 3.12. The topological polar surface area (TPSA) is 61.4 Å². The Hall–Kier alpha value is -2.04. The maximum absolute atomic E-state index is 12.2. The molecule has 0 saturated carbocycles. The molecule has 0 bridgehead atoms. The molecule has 4 nitrogen and oxygen atoms in total. The molecule has 0 aliphatic carbocycles. The van der Waals surface area contributed by atoms with Crippen molar-refractivity contribution in [1.82, 2.24) is 0 Å². The molecular formula is C17H19ClN2O2. The zero-order valence-corrected chi connectivity index (χ0v) is 13.1. The first kappa shape index (κ1) is 16.3. The van der Waals surface area contributed by atoms with E-state index in [-0.39, 0.29) is 11.8 Å². The van der Waals surface area contributed by atoms with Gasteiger partial charge in [-0.25, -0.2) is 0 Å². The van der Waals surface area contributed by atoms with E-state index in [2.05, 4.69) is 10.6 Å². The summed E-state index contributed by atoms with van der Waals surface area (Å²) in [4.78, 5) is 12.2. The number of rotatable bonds is 6. The van der Waals surface area contributed by atoms with Crippen LogP contribution in [0.1, 0.15) is 15.9 Å². The molecule has 2 aromatic rings. The predicted octanol–water partition coefficient (Wildman–Crippen LogP) is 3.26. The number of benzene rings is 2. The Morgan fingerprint density at radius 1 is 1.18 bits per heavy atom. The minimum absolute atomic E-state index is 0.151. The van der Waals surface area contributed by atoms with Gasteiger partial charge in [0.05, 0.1) is 12.0 Å². The smallest absolute Gasteiger partial charge is 0.255 e. The van der Waals surface area contributed by atoms with Gasteiger partial charge in [0.15, 0.2) is 0 Å². The van der Waals surface area contributed by atoms with Crippen molar-refractivity contribution in [2.75, 3.05) is 23.1 Å². The van der Waals surface area contributed by atoms with Crippen LogP contribution in [0.5, 0.6) is 0 Å². The first-order valence-electron chi connectivity index (χ1n) is 7.04. The van der Waals surface area contributed by atoms with Gasteiger partial charge in [0.1, 0.15) is 0 Å². The first-order valence-corrected chi connectivity index (χ1v) is 7.58. The quantitative estimate of drug-likeness (QED) is 0.716. The number of hydrogen-bond donors (Lipinski definition) is 3. The number of alkyl halides is 1. The van der Waals surface area contributed by atoms with E-state index in [0.29, 0.717) is 17.8 Å². The largest absolute Gasteiger partial charge is 0.390 e. The molecule has 1 amide bonds. The van der Waals surface area contributed by atoms with Crippen LogP contribution in [0.15, 0.2) is 48.5 Å². The highest BCUT2D eigenvalue weighted by atomic mass is 35.5. The van der Waals surface area contributed by atoms with Gasteiger partial charge in [0.2, 0.25) is 0 Å². The van der Waals surface area contributed by atoms with Crippen molar-refractivity contribution in [2.45, 2.75) is 13.0 Å². The van der Waals surface area contributed by atoms with Gasteiger partial charge in [0.25, 0.3) is 5.91 Å². The van der Waals surface area contributed by atoms with E-state index in [9.17, 15) is 9.90 Å². The van der Waals surface area contributed by atoms with Gasteiger partial charge >= 0.3 is 0 Å². The molecule has 0 saturated heterocycles. The number of amides is 1. The maximum atomic E-state index is 12.2. The SMILES string of the molecule is Cc1cccc(C(=O)Nc2cccc(NCC(O)CCl)c2)c1. The Bertz CT molecular complexity index is 646. The van der Waals surface area contributed by atoms with Crippen molar-refractivity contribution >= 4 is 28.9 Å². The second-order valence-corrected chi connectivity index (χ2v) is 5.40. The minimum atomic E-state index is -0.604. The molecule has 0 spiro atoms. The average Bonchev–Trinajstić information content (AvgIpc) is 2.53. The van der Waals surface area contributed by atoms with Crippen LogP contribution < -0.4 is 10.6 Å². The molecular weight excluding hydrogens is 300 g/mol. The summed E-state index contributed by atoms with van der Waals surface area (Å²) >= 11 is 5.55. The van der Waals surface area contributed by atoms with Gasteiger partial charge in [-0.2, -0.15) is 0 Å². The number of hydrogen-bond acceptors (Lipinski definition) is 3. The molecule has 0 radical (unpaired) electrons. The van der Waals surface area contributed by atoms with Crippen LogP contribution in [0.3, 0.4) is 0 Å². The van der Waals surface area contributed by atoms with Gasteiger partial charge < -0.3 is 15.7 Å². The number of aliphatic hydroxyl groups excluding tert-OH is 1. The van der Waals surface area contributed by atoms with Crippen molar-refractivity contribution in [1.29, 1.82) is 0 Å². The summed E-state index contributed by atoms with van der Waals surface area (Å²) in [5.41, 5.74) is 3.16. The third kappa shape index (κ3) is 4.76. The summed E-state index contributed by atoms with van der Waals surface area (Å²) in [7, 11) is 0. The summed E-state index contributed by atoms with van der Waals surface area (Å²) in [6.07, 6.45) is -0.604. The molecule has 0 heterocycles. The molecule has 0 aliphatic heterocycles. The van der Waals surface area contributed by atoms with E-state index in [1.165, 1.54) is 0 Å². The first-order chi connectivity index (χ1) is 10.6. The summed E-state index contributed by atoms with van der Waals surface area (Å²) in [5.74, 6) is 0.0261. The molecule has 0 aliphatic rings. The Morgan fingerprint density at radius 2 is 1.91 bits per heavy atom. The number of nitrogens with one attached hydrogen (secondary N) is 2. The molecule has 116 valence electrons. The van der Waals surface area contributed by atoms with Gasteiger partial charge in [0, 0.05) is 23.5 Å². The molecule has 2 rings (SSSR count). The zero-order chi connectivity index (χ0) is 15.9. The van der Waals surface area contributed by atoms with Gasteiger partial charge in [-0.1, -0.05) is 23.8 Å². The predicted molar refractivity (Wildman–Crippen MR) is 90.8 cm³/mol. The molecule has 0 fully saturated rings. The summed E-state index contributed by atoms with van der Waals surface area (Å²) in [6.45, 7) is 2.31. The maximum Gasteiger partial charge on any atom is 0.255 e. The van der Waals surface area contributed by atoms with Gasteiger partial charge in [-0.3, -0.25) is 4.79 Å². The summed E-state index contributed by atoms with van der Waals surface area (Å²) < 4.78 is 0. The summed E-state index contributed by atoms with van der Waals surface area (Å²) in [6, 6.07) is 14.8. The third-order valence-corrected chi connectivity index (χ3v) is 3.48. The van der Waals surface area contributed by atoms with E-state index in [0.717, 1.165) is 11.3 Å². The van der Waals surface area contributed by atoms with Crippen molar-refractivity contribution in [3.05, 3.63) is 59.7 Å². The van der Waals surface area contributed by atoms with Crippen molar-refractivity contribution in [3.8, 4) is 0 Å². The lowest BCUT2D eigenvalue weighted by Gasteiger charge is -2.12. The molecule has 2 aromatic carbocycles. The number of carbonyl (C=O) groups excluding carboxylic acids is 1. The molecule has 22 heavy (non-hydrogen) atoms. The number of halogens is 1. The summed E-state index contributed by atoms with van der Waals surface area (Å²) in [5, 5.41) is 15.4. The number of aliphatic hydroxyl groups is 1. The lowest BCUT2D eigenvalue weighted by Crippen LogP contribution is -2.20. The second-order valence-electron chi connectivity index (χ2n) is 5.09. The molecule has 5 heteroatoms. The molecule has 3 N–H and O–H groups in total. The van der Waals surface area contributed by atoms with Crippen LogP contribution in [0, 0.1) is 6.92 Å². The fourth-order valence-electron chi connectivity index (χ4n) is 1.99. The van der Waals surface area contributed by atoms with Crippen LogP contribution >= 0.6 is 11.6 Å². The second kappa shape index (κ2) is 7.82. The molecule has 1 unspecified atom stereocenters. The standard InChI is InChI=1S/C17H19ClN2O2/c1-12-4-2-5-13(8-12)17(22)20-15-7-3-6-14(9-15)19-11-16(21)10-18/h2-9,16,19,21H,10-11H2,1H3,(H,20,22). The van der Waals surface area contributed by atoms with E-state index in [4.69, 9.17) is 11.6 Å². The Morgan fingerprint density at radius 3 is 2.64 bits per heavy atom. The Kier molecular flexibility index (Phi) is 5.81. The minimum Gasteiger partial charge on any atom is -0.390 e. The van der Waals surface area contributed by atoms with Crippen molar-refractivity contribution < 1.29 is 9.90 Å². The fraction of sp³-hybridized carbons (Fsp3) is 0.235. The lowest BCUT2D eigenvalue weighted by atomic mass is 10.1. The van der Waals surface area contributed by atoms with Gasteiger partial charge in [-0.05, 0) is 37.3 Å². The highest BCUT2D eigenvalue weighted by Crippen LogP contribution is 2.16. The van der Waals surface area contributed by atoms with Crippen molar-refractivity contribution in [3.63, 3.8) is 0 Å². The van der Waals surface area contributed by atoms with Crippen LogP contribution in [0.2, 0.25) is 0 Å². The van der Waals surface area contributed by atoms with Crippen LogP contribution in [-0.4, -0.2) is 29.5 Å². The van der Waals surface area contributed by atoms with Crippen molar-refractivity contribution in [2.24, 2.45) is 0 Å². The number of carbonyl (C=O) groups is 1. The van der Waals surface area contributed by atoms with E-state index in [1.54, 1.807) is 6.07 Å². The monoisotopic (exact) mass is 318 g/mol. The van der Waals surface area contributed by atoms with Gasteiger partial charge in [-0.15, -0.1) is 11.6 Å². The normalized spacial score (nSPS) is 11.8. The van der Waals surface area contributed by atoms with Crippen LogP contribution in [0.4, 0.5) is 11.4 Å². The highest BCUT2D eigenvalue weighted by Gasteiger charge is 2.07. The fourth-order valence-corrected chi connectivity index (χ4v) is 2.10.